The van der Waals surface area contributed by atoms with Gasteiger partial charge in [-0.25, -0.2) is 12.8 Å². The Morgan fingerprint density at radius 1 is 1.05 bits per heavy atom. The molecule has 210 valence electrons. The minimum atomic E-state index is -3.86. The molecule has 0 bridgehead atoms. The largest absolute Gasteiger partial charge is 0.294 e. The van der Waals surface area contributed by atoms with Crippen LogP contribution in [-0.2, 0) is 29.5 Å². The zero-order chi connectivity index (χ0) is 26.8. The maximum Gasteiger partial charge on any atom is 0.261 e. The van der Waals surface area contributed by atoms with Crippen molar-refractivity contribution >= 4 is 10.0 Å². The minimum absolute atomic E-state index is 0.0772. The first-order chi connectivity index (χ1) is 18.9. The van der Waals surface area contributed by atoms with Gasteiger partial charge in [0, 0.05) is 31.4 Å². The number of nitrogens with one attached hydrogen (secondary N) is 1. The Balaban J connectivity index is 1.03. The molecule has 2 aromatic rings. The summed E-state index contributed by atoms with van der Waals surface area (Å²) in [6.45, 7) is 2.49. The van der Waals surface area contributed by atoms with Crippen molar-refractivity contribution in [2.75, 3.05) is 6.54 Å². The molecule has 1 unspecified atom stereocenters. The van der Waals surface area contributed by atoms with Crippen LogP contribution in [0, 0.1) is 11.8 Å². The highest BCUT2D eigenvalue weighted by Gasteiger charge is 2.25. The van der Waals surface area contributed by atoms with Gasteiger partial charge in [0.25, 0.3) is 10.0 Å². The van der Waals surface area contributed by atoms with Gasteiger partial charge < -0.3 is 0 Å². The zero-order valence-electron chi connectivity index (χ0n) is 22.8. The highest BCUT2D eigenvalue weighted by molar-refractivity contribution is 7.89. The quantitative estimate of drug-likeness (QED) is 0.362. The van der Waals surface area contributed by atoms with Gasteiger partial charge in [0.2, 0.25) is 0 Å². The predicted octanol–water partition coefficient (Wildman–Crippen LogP) is 6.56. The van der Waals surface area contributed by atoms with Gasteiger partial charge in [-0.05, 0) is 79.7 Å². The van der Waals surface area contributed by atoms with Crippen molar-refractivity contribution in [1.82, 2.24) is 19.4 Å². The number of aromatic nitrogens is 2. The summed E-state index contributed by atoms with van der Waals surface area (Å²) in [4.78, 5) is 2.58. The van der Waals surface area contributed by atoms with Crippen LogP contribution in [0.15, 0.2) is 59.2 Å². The van der Waals surface area contributed by atoms with E-state index in [0.717, 1.165) is 55.9 Å². The molecule has 2 heterocycles. The lowest BCUT2D eigenvalue weighted by Gasteiger charge is -2.29. The van der Waals surface area contributed by atoms with E-state index in [1.807, 2.05) is 12.3 Å². The van der Waals surface area contributed by atoms with E-state index in [1.165, 1.54) is 56.9 Å². The molecule has 3 aliphatic carbocycles. The van der Waals surface area contributed by atoms with E-state index < -0.39 is 15.9 Å². The molecule has 6 nitrogen and oxygen atoms in total. The second-order valence-corrected chi connectivity index (χ2v) is 13.8. The molecule has 0 amide bonds. The smallest absolute Gasteiger partial charge is 0.261 e. The number of halogens is 1. The number of sulfonamides is 1. The Hall–Kier alpha value is -2.45. The monoisotopic (exact) mass is 552 g/mol. The van der Waals surface area contributed by atoms with E-state index in [1.54, 1.807) is 24.3 Å². The molecule has 1 aromatic heterocycles. The zero-order valence-corrected chi connectivity index (χ0v) is 23.6. The maximum atomic E-state index is 14.9. The van der Waals surface area contributed by atoms with Gasteiger partial charge in [-0.3, -0.25) is 14.3 Å². The van der Waals surface area contributed by atoms with Crippen LogP contribution in [0.1, 0.15) is 93.4 Å². The number of allylic oxidation sites excluding steroid dienone is 3. The standard InChI is InChI=1S/C31H41FN4O2S/c32-30-17-24(8-3-7-23-5-1-2-6-23)11-14-31(30)34-39(37,38)29-13-12-27-22-35(16-15-26(27)18-29)20-25-19-33-36(21-25)28-9-4-10-28/h12-14,17-19,21,23-24,28,34H,1-11,15-16,20,22H2. The maximum absolute atomic E-state index is 14.9. The van der Waals surface area contributed by atoms with Gasteiger partial charge in [-0.2, -0.15) is 5.10 Å². The Kier molecular flexibility index (Phi) is 7.94. The lowest BCUT2D eigenvalue weighted by atomic mass is 9.91. The lowest BCUT2D eigenvalue weighted by molar-refractivity contribution is 0.244. The van der Waals surface area contributed by atoms with Crippen molar-refractivity contribution < 1.29 is 12.8 Å². The normalized spacial score (nSPS) is 22.7. The Labute approximate surface area is 232 Å². The molecular formula is C31H41FN4O2S. The molecule has 6 rings (SSSR count). The number of rotatable bonds is 10. The molecular weight excluding hydrogens is 511 g/mol. The highest BCUT2D eigenvalue weighted by Crippen LogP contribution is 2.33. The first kappa shape index (κ1) is 26.8. The summed E-state index contributed by atoms with van der Waals surface area (Å²) in [6.07, 6.45) is 21.4. The fraction of sp³-hybridized carbons (Fsp3) is 0.581. The van der Waals surface area contributed by atoms with Crippen LogP contribution in [0.3, 0.4) is 0 Å². The minimum Gasteiger partial charge on any atom is -0.294 e. The van der Waals surface area contributed by atoms with Crippen LogP contribution in [0.2, 0.25) is 0 Å². The van der Waals surface area contributed by atoms with Crippen LogP contribution in [0.4, 0.5) is 4.39 Å². The third-order valence-electron chi connectivity index (χ3n) is 9.26. The van der Waals surface area contributed by atoms with Crippen molar-refractivity contribution in [2.45, 2.75) is 101 Å². The topological polar surface area (TPSA) is 67.2 Å². The van der Waals surface area contributed by atoms with Crippen LogP contribution < -0.4 is 4.72 Å². The summed E-state index contributed by atoms with van der Waals surface area (Å²) in [5.41, 5.74) is 3.50. The molecule has 0 radical (unpaired) electrons. The fourth-order valence-corrected chi connectivity index (χ4v) is 7.79. The SMILES string of the molecule is O=S(=O)(NC1=CCC(CCCC2CCCC2)C=C1F)c1ccc2c(c1)CCN(Cc1cnn(C3CCC3)c1)C2. The van der Waals surface area contributed by atoms with E-state index in [0.29, 0.717) is 12.5 Å². The first-order valence-corrected chi connectivity index (χ1v) is 16.4. The number of fused-ring (bicyclic) bond motifs is 1. The average Bonchev–Trinajstić information content (AvgIpc) is 3.57. The van der Waals surface area contributed by atoms with E-state index in [-0.39, 0.29) is 16.5 Å². The second kappa shape index (κ2) is 11.6. The van der Waals surface area contributed by atoms with Gasteiger partial charge in [0.05, 0.1) is 22.8 Å². The lowest BCUT2D eigenvalue weighted by Crippen LogP contribution is -2.30. The van der Waals surface area contributed by atoms with E-state index in [9.17, 15) is 12.8 Å². The third kappa shape index (κ3) is 6.32. The third-order valence-corrected chi connectivity index (χ3v) is 10.6. The first-order valence-electron chi connectivity index (χ1n) is 14.9. The van der Waals surface area contributed by atoms with Gasteiger partial charge in [-0.1, -0.05) is 50.7 Å². The molecule has 2 saturated carbocycles. The summed E-state index contributed by atoms with van der Waals surface area (Å²) in [5.74, 6) is 0.547. The van der Waals surface area contributed by atoms with Crippen molar-refractivity contribution in [3.8, 4) is 0 Å². The molecule has 4 aliphatic rings. The van der Waals surface area contributed by atoms with Gasteiger partial charge >= 0.3 is 0 Å². The van der Waals surface area contributed by atoms with Crippen molar-refractivity contribution in [3.05, 3.63) is 71.0 Å². The number of hydrogen-bond donors (Lipinski definition) is 1. The Morgan fingerprint density at radius 3 is 2.67 bits per heavy atom. The van der Waals surface area contributed by atoms with Crippen molar-refractivity contribution in [2.24, 2.45) is 11.8 Å². The van der Waals surface area contributed by atoms with Crippen LogP contribution in [0.25, 0.3) is 0 Å². The summed E-state index contributed by atoms with van der Waals surface area (Å²) in [7, 11) is -3.86. The number of nitrogens with zero attached hydrogens (tertiary/aromatic N) is 3. The van der Waals surface area contributed by atoms with E-state index >= 15 is 0 Å². The van der Waals surface area contributed by atoms with E-state index in [2.05, 4.69) is 25.6 Å². The molecule has 39 heavy (non-hydrogen) atoms. The molecule has 1 aromatic carbocycles. The van der Waals surface area contributed by atoms with Crippen LogP contribution in [0.5, 0.6) is 0 Å². The molecule has 1 aliphatic heterocycles. The van der Waals surface area contributed by atoms with E-state index in [4.69, 9.17) is 0 Å². The molecule has 0 spiro atoms. The Morgan fingerprint density at radius 2 is 1.90 bits per heavy atom. The average molecular weight is 553 g/mol. The number of hydrogen-bond acceptors (Lipinski definition) is 4. The van der Waals surface area contributed by atoms with Gasteiger partial charge in [0.15, 0.2) is 0 Å². The predicted molar refractivity (Wildman–Crippen MR) is 151 cm³/mol. The van der Waals surface area contributed by atoms with Crippen molar-refractivity contribution in [3.63, 3.8) is 0 Å². The number of benzene rings is 1. The molecule has 0 saturated heterocycles. The Bertz CT molecular complexity index is 1340. The summed E-state index contributed by atoms with van der Waals surface area (Å²) in [5, 5.41) is 4.55. The fourth-order valence-electron chi connectivity index (χ4n) is 6.65. The molecule has 8 heteroatoms. The van der Waals surface area contributed by atoms with Crippen LogP contribution >= 0.6 is 0 Å². The summed E-state index contributed by atoms with van der Waals surface area (Å²) in [6, 6.07) is 5.89. The van der Waals surface area contributed by atoms with Gasteiger partial charge in [-0.15, -0.1) is 0 Å². The highest BCUT2D eigenvalue weighted by atomic mass is 32.2. The van der Waals surface area contributed by atoms with Gasteiger partial charge in [0.1, 0.15) is 5.83 Å². The van der Waals surface area contributed by atoms with Crippen LogP contribution in [-0.4, -0.2) is 29.6 Å². The molecule has 2 fully saturated rings. The second-order valence-electron chi connectivity index (χ2n) is 12.1. The molecule has 1 N–H and O–H groups in total. The van der Waals surface area contributed by atoms with Crippen molar-refractivity contribution in [1.29, 1.82) is 0 Å². The summed E-state index contributed by atoms with van der Waals surface area (Å²) >= 11 is 0. The summed E-state index contributed by atoms with van der Waals surface area (Å²) < 4.78 is 45.8. The molecule has 1 atom stereocenters.